The van der Waals surface area contributed by atoms with Gasteiger partial charge in [-0.2, -0.15) is 4.98 Å². The van der Waals surface area contributed by atoms with Gasteiger partial charge in [0.05, 0.1) is 18.0 Å². The highest BCUT2D eigenvalue weighted by Crippen LogP contribution is 2.37. The van der Waals surface area contributed by atoms with Crippen molar-refractivity contribution in [2.24, 2.45) is 0 Å². The van der Waals surface area contributed by atoms with E-state index in [9.17, 15) is 4.79 Å². The fraction of sp³-hybridized carbons (Fsp3) is 0.267. The molecule has 35 heavy (non-hydrogen) atoms. The third-order valence-electron chi connectivity index (χ3n) is 5.97. The largest absolute Gasteiger partial charge is 0.481 e. The number of carbonyl (C=O) groups is 1. The topological polar surface area (TPSA) is 64.3 Å². The highest BCUT2D eigenvalue weighted by Gasteiger charge is 2.22. The van der Waals surface area contributed by atoms with Gasteiger partial charge in [-0.3, -0.25) is 9.36 Å². The lowest BCUT2D eigenvalue weighted by Gasteiger charge is -2.13. The molecule has 0 atom stereocenters. The van der Waals surface area contributed by atoms with Gasteiger partial charge < -0.3 is 9.84 Å². The number of hydrogen-bond donors (Lipinski definition) is 1. The summed E-state index contributed by atoms with van der Waals surface area (Å²) in [4.78, 5) is 15.6. The average Bonchev–Trinajstić information content (AvgIpc) is 3.28. The number of unbranched alkanes of at least 4 members (excludes halogenated alkanes) is 5. The molecule has 0 saturated carbocycles. The summed E-state index contributed by atoms with van der Waals surface area (Å²) < 4.78 is 8.40. The number of aliphatic carboxylic acids is 1. The standard InChI is InChI=1S/C30H32N2O3/c33-27(34)22-14-3-1-2-4-15-23-35-30-31-28(24-16-8-5-9-17-24)29(25-18-10-6-11-19-25)32(30)26-20-12-7-13-21-26/h5-13,16-21H,1-4,14-15,22-23H2,(H,33,34). The second kappa shape index (κ2) is 12.6. The molecule has 0 saturated heterocycles. The number of benzene rings is 3. The Hall–Kier alpha value is -3.86. The molecule has 1 N–H and O–H groups in total. The van der Waals surface area contributed by atoms with Crippen LogP contribution in [0.25, 0.3) is 28.2 Å². The Kier molecular flexibility index (Phi) is 8.71. The van der Waals surface area contributed by atoms with Gasteiger partial charge in [-0.05, 0) is 25.0 Å². The first-order valence-electron chi connectivity index (χ1n) is 12.4. The number of aromatic nitrogens is 2. The smallest absolute Gasteiger partial charge is 0.303 e. The predicted octanol–water partition coefficient (Wildman–Crippen LogP) is 7.40. The monoisotopic (exact) mass is 468 g/mol. The molecule has 180 valence electrons. The molecular weight excluding hydrogens is 436 g/mol. The molecule has 0 unspecified atom stereocenters. The Morgan fingerprint density at radius 1 is 0.714 bits per heavy atom. The zero-order valence-corrected chi connectivity index (χ0v) is 20.0. The van der Waals surface area contributed by atoms with Gasteiger partial charge in [0.15, 0.2) is 0 Å². The van der Waals surface area contributed by atoms with Crippen molar-refractivity contribution in [1.29, 1.82) is 0 Å². The SMILES string of the molecule is O=C(O)CCCCCCCCOc1nc(-c2ccccc2)c(-c2ccccc2)n1-c1ccccc1. The molecule has 0 radical (unpaired) electrons. The van der Waals surface area contributed by atoms with E-state index >= 15 is 0 Å². The summed E-state index contributed by atoms with van der Waals surface area (Å²) in [5, 5.41) is 8.74. The maximum atomic E-state index is 10.6. The Bertz CT molecular complexity index is 1190. The van der Waals surface area contributed by atoms with Gasteiger partial charge in [-0.1, -0.05) is 105 Å². The number of para-hydroxylation sites is 1. The molecule has 0 aliphatic carbocycles. The van der Waals surface area contributed by atoms with Gasteiger partial charge in [-0.15, -0.1) is 0 Å². The van der Waals surface area contributed by atoms with E-state index in [-0.39, 0.29) is 6.42 Å². The zero-order chi connectivity index (χ0) is 24.3. The Morgan fingerprint density at radius 3 is 1.89 bits per heavy atom. The van der Waals surface area contributed by atoms with Crippen LogP contribution >= 0.6 is 0 Å². The van der Waals surface area contributed by atoms with E-state index in [0.29, 0.717) is 12.6 Å². The summed E-state index contributed by atoms with van der Waals surface area (Å²) in [5.41, 5.74) is 5.05. The third kappa shape index (κ3) is 6.60. The van der Waals surface area contributed by atoms with Gasteiger partial charge >= 0.3 is 12.0 Å². The third-order valence-corrected chi connectivity index (χ3v) is 5.97. The molecule has 0 spiro atoms. The molecule has 3 aromatic carbocycles. The van der Waals surface area contributed by atoms with Gasteiger partial charge in [0.1, 0.15) is 5.69 Å². The first-order valence-corrected chi connectivity index (χ1v) is 12.4. The Labute approximate surface area is 207 Å². The van der Waals surface area contributed by atoms with E-state index in [0.717, 1.165) is 66.7 Å². The molecule has 0 bridgehead atoms. The number of carboxylic acids is 1. The molecule has 4 aromatic rings. The van der Waals surface area contributed by atoms with Crippen LogP contribution in [0.5, 0.6) is 6.01 Å². The quantitative estimate of drug-likeness (QED) is 0.208. The van der Waals surface area contributed by atoms with Crippen LogP contribution in [0, 0.1) is 0 Å². The summed E-state index contributed by atoms with van der Waals surface area (Å²) in [7, 11) is 0. The first-order chi connectivity index (χ1) is 17.2. The number of imidazole rings is 1. The molecule has 1 heterocycles. The van der Waals surface area contributed by atoms with Crippen LogP contribution in [-0.4, -0.2) is 27.2 Å². The molecule has 5 nitrogen and oxygen atoms in total. The second-order valence-electron chi connectivity index (χ2n) is 8.61. The van der Waals surface area contributed by atoms with Crippen molar-refractivity contribution >= 4 is 5.97 Å². The van der Waals surface area contributed by atoms with Crippen molar-refractivity contribution in [3.63, 3.8) is 0 Å². The minimum Gasteiger partial charge on any atom is -0.481 e. The molecule has 0 amide bonds. The number of ether oxygens (including phenoxy) is 1. The van der Waals surface area contributed by atoms with E-state index < -0.39 is 5.97 Å². The van der Waals surface area contributed by atoms with E-state index in [2.05, 4.69) is 41.0 Å². The van der Waals surface area contributed by atoms with Crippen molar-refractivity contribution in [1.82, 2.24) is 9.55 Å². The minimum absolute atomic E-state index is 0.263. The van der Waals surface area contributed by atoms with Crippen molar-refractivity contribution in [3.05, 3.63) is 91.0 Å². The highest BCUT2D eigenvalue weighted by atomic mass is 16.5. The lowest BCUT2D eigenvalue weighted by molar-refractivity contribution is -0.137. The molecule has 5 heteroatoms. The van der Waals surface area contributed by atoms with Crippen molar-refractivity contribution < 1.29 is 14.6 Å². The number of rotatable bonds is 13. The van der Waals surface area contributed by atoms with Gasteiger partial charge in [0, 0.05) is 17.5 Å². The van der Waals surface area contributed by atoms with Crippen LogP contribution < -0.4 is 4.74 Å². The number of carboxylic acid groups (broad SMARTS) is 1. The highest BCUT2D eigenvalue weighted by molar-refractivity contribution is 5.81. The maximum absolute atomic E-state index is 10.6. The van der Waals surface area contributed by atoms with E-state index in [4.69, 9.17) is 14.8 Å². The van der Waals surface area contributed by atoms with Crippen LogP contribution in [0.1, 0.15) is 44.9 Å². The summed E-state index contributed by atoms with van der Waals surface area (Å²) >= 11 is 0. The van der Waals surface area contributed by atoms with Crippen molar-refractivity contribution in [2.75, 3.05) is 6.61 Å². The molecule has 1 aromatic heterocycles. The zero-order valence-electron chi connectivity index (χ0n) is 20.0. The summed E-state index contributed by atoms with van der Waals surface area (Å²) in [6.45, 7) is 0.585. The van der Waals surface area contributed by atoms with Crippen LogP contribution in [0.4, 0.5) is 0 Å². The molecule has 0 aliphatic heterocycles. The van der Waals surface area contributed by atoms with E-state index in [1.165, 1.54) is 0 Å². The van der Waals surface area contributed by atoms with Gasteiger partial charge in [0.2, 0.25) is 0 Å². The number of hydrogen-bond acceptors (Lipinski definition) is 3. The van der Waals surface area contributed by atoms with Crippen LogP contribution in [0.15, 0.2) is 91.0 Å². The van der Waals surface area contributed by atoms with Crippen LogP contribution in [0.2, 0.25) is 0 Å². The maximum Gasteiger partial charge on any atom is 0.303 e. The molecule has 4 rings (SSSR count). The summed E-state index contributed by atoms with van der Waals surface area (Å²) in [6.07, 6.45) is 6.11. The lowest BCUT2D eigenvalue weighted by atomic mass is 10.0. The number of nitrogens with zero attached hydrogens (tertiary/aromatic N) is 2. The van der Waals surface area contributed by atoms with E-state index in [1.54, 1.807) is 0 Å². The molecule has 0 fully saturated rings. The van der Waals surface area contributed by atoms with Gasteiger partial charge in [0.25, 0.3) is 0 Å². The normalized spacial score (nSPS) is 10.9. The van der Waals surface area contributed by atoms with Crippen LogP contribution in [0.3, 0.4) is 0 Å². The fourth-order valence-corrected chi connectivity index (χ4v) is 4.22. The second-order valence-corrected chi connectivity index (χ2v) is 8.61. The average molecular weight is 469 g/mol. The Balaban J connectivity index is 1.55. The Morgan fingerprint density at radius 2 is 1.26 bits per heavy atom. The predicted molar refractivity (Wildman–Crippen MR) is 140 cm³/mol. The first kappa shape index (κ1) is 24.3. The molecular formula is C30H32N2O3. The summed E-state index contributed by atoms with van der Waals surface area (Å²) in [6, 6.07) is 31.4. The van der Waals surface area contributed by atoms with E-state index in [1.807, 2.05) is 54.6 Å². The fourth-order valence-electron chi connectivity index (χ4n) is 4.22. The van der Waals surface area contributed by atoms with Crippen molar-refractivity contribution in [2.45, 2.75) is 44.9 Å². The van der Waals surface area contributed by atoms with Crippen LogP contribution in [-0.2, 0) is 4.79 Å². The van der Waals surface area contributed by atoms with Crippen molar-refractivity contribution in [3.8, 4) is 34.2 Å². The van der Waals surface area contributed by atoms with Gasteiger partial charge in [-0.25, -0.2) is 0 Å². The molecule has 0 aliphatic rings. The summed E-state index contributed by atoms with van der Waals surface area (Å²) in [5.74, 6) is -0.711. The lowest BCUT2D eigenvalue weighted by Crippen LogP contribution is -2.05. The minimum atomic E-state index is -0.711.